The van der Waals surface area contributed by atoms with Crippen LogP contribution in [0.5, 0.6) is 0 Å². The van der Waals surface area contributed by atoms with Gasteiger partial charge in [-0.1, -0.05) is 43.1 Å². The first-order chi connectivity index (χ1) is 8.04. The highest BCUT2D eigenvalue weighted by Gasteiger charge is 2.14. The maximum absolute atomic E-state index is 6.08. The molecule has 96 valence electrons. The standard InChI is InChI=1S/C14H21Cl2N/c1-10(2)8-12(6-7-17-3)11-4-5-13(15)14(16)9-11/h4-5,9-10,12,17H,6-8H2,1-3H3. The molecular formula is C14H21Cl2N. The first-order valence-corrected chi connectivity index (χ1v) is 6.89. The van der Waals surface area contributed by atoms with Crippen LogP contribution in [-0.4, -0.2) is 13.6 Å². The summed E-state index contributed by atoms with van der Waals surface area (Å²) in [7, 11) is 1.99. The van der Waals surface area contributed by atoms with Crippen LogP contribution >= 0.6 is 23.2 Å². The fourth-order valence-corrected chi connectivity index (χ4v) is 2.38. The lowest BCUT2D eigenvalue weighted by molar-refractivity contribution is 0.470. The van der Waals surface area contributed by atoms with E-state index in [0.29, 0.717) is 21.9 Å². The predicted octanol–water partition coefficient (Wildman–Crippen LogP) is 4.73. The minimum absolute atomic E-state index is 0.553. The van der Waals surface area contributed by atoms with Crippen molar-refractivity contribution in [3.8, 4) is 0 Å². The molecule has 0 aliphatic carbocycles. The second-order valence-corrected chi connectivity index (χ2v) is 5.71. The van der Waals surface area contributed by atoms with Gasteiger partial charge in [0.1, 0.15) is 0 Å². The zero-order valence-electron chi connectivity index (χ0n) is 10.8. The third kappa shape index (κ3) is 4.87. The normalized spacial score (nSPS) is 13.1. The highest BCUT2D eigenvalue weighted by Crippen LogP contribution is 2.31. The van der Waals surface area contributed by atoms with Gasteiger partial charge in [-0.3, -0.25) is 0 Å². The van der Waals surface area contributed by atoms with E-state index in [0.717, 1.165) is 13.0 Å². The van der Waals surface area contributed by atoms with Gasteiger partial charge in [0.25, 0.3) is 0 Å². The monoisotopic (exact) mass is 273 g/mol. The van der Waals surface area contributed by atoms with Crippen molar-refractivity contribution in [2.45, 2.75) is 32.6 Å². The number of hydrogen-bond donors (Lipinski definition) is 1. The Morgan fingerprint density at radius 1 is 1.18 bits per heavy atom. The fraction of sp³-hybridized carbons (Fsp3) is 0.571. The molecule has 1 aromatic carbocycles. The average Bonchev–Trinajstić information content (AvgIpc) is 2.27. The first kappa shape index (κ1) is 14.8. The van der Waals surface area contributed by atoms with Gasteiger partial charge < -0.3 is 5.32 Å². The van der Waals surface area contributed by atoms with Gasteiger partial charge in [-0.2, -0.15) is 0 Å². The Morgan fingerprint density at radius 2 is 1.88 bits per heavy atom. The molecule has 0 aliphatic heterocycles. The van der Waals surface area contributed by atoms with E-state index in [1.165, 1.54) is 12.0 Å². The smallest absolute Gasteiger partial charge is 0.0595 e. The summed E-state index contributed by atoms with van der Waals surface area (Å²) in [5, 5.41) is 4.49. The molecule has 0 amide bonds. The topological polar surface area (TPSA) is 12.0 Å². The quantitative estimate of drug-likeness (QED) is 0.790. The average molecular weight is 274 g/mol. The molecule has 1 N–H and O–H groups in total. The zero-order chi connectivity index (χ0) is 12.8. The van der Waals surface area contributed by atoms with Crippen molar-refractivity contribution in [3.05, 3.63) is 33.8 Å². The van der Waals surface area contributed by atoms with E-state index in [9.17, 15) is 0 Å². The molecule has 0 spiro atoms. The molecule has 1 aromatic rings. The van der Waals surface area contributed by atoms with Crippen molar-refractivity contribution in [2.24, 2.45) is 5.92 Å². The van der Waals surface area contributed by atoms with E-state index in [2.05, 4.69) is 25.2 Å². The Hall–Kier alpha value is -0.240. The number of halogens is 2. The minimum atomic E-state index is 0.553. The van der Waals surface area contributed by atoms with Crippen molar-refractivity contribution < 1.29 is 0 Å². The molecule has 17 heavy (non-hydrogen) atoms. The van der Waals surface area contributed by atoms with Crippen molar-refractivity contribution in [1.29, 1.82) is 0 Å². The van der Waals surface area contributed by atoms with Crippen LogP contribution < -0.4 is 5.32 Å². The van der Waals surface area contributed by atoms with E-state index in [1.807, 2.05) is 19.2 Å². The molecule has 3 heteroatoms. The van der Waals surface area contributed by atoms with E-state index in [1.54, 1.807) is 0 Å². The third-order valence-electron chi connectivity index (χ3n) is 2.91. The lowest BCUT2D eigenvalue weighted by Gasteiger charge is -2.20. The van der Waals surface area contributed by atoms with Gasteiger partial charge >= 0.3 is 0 Å². The van der Waals surface area contributed by atoms with Crippen LogP contribution in [0, 0.1) is 5.92 Å². The van der Waals surface area contributed by atoms with Crippen LogP contribution in [0.2, 0.25) is 10.0 Å². The van der Waals surface area contributed by atoms with Crippen LogP contribution in [0.3, 0.4) is 0 Å². The summed E-state index contributed by atoms with van der Waals surface area (Å²) in [5.74, 6) is 1.24. The van der Waals surface area contributed by atoms with Gasteiger partial charge in [0, 0.05) is 0 Å². The van der Waals surface area contributed by atoms with Gasteiger partial charge in [-0.15, -0.1) is 0 Å². The van der Waals surface area contributed by atoms with Crippen molar-refractivity contribution in [1.82, 2.24) is 5.32 Å². The highest BCUT2D eigenvalue weighted by atomic mass is 35.5. The molecule has 0 bridgehead atoms. The predicted molar refractivity (Wildman–Crippen MR) is 77.2 cm³/mol. The van der Waals surface area contributed by atoms with Crippen molar-refractivity contribution in [2.75, 3.05) is 13.6 Å². The summed E-state index contributed by atoms with van der Waals surface area (Å²) < 4.78 is 0. The molecular weight excluding hydrogens is 253 g/mol. The lowest BCUT2D eigenvalue weighted by Crippen LogP contribution is -2.13. The van der Waals surface area contributed by atoms with Crippen molar-refractivity contribution >= 4 is 23.2 Å². The largest absolute Gasteiger partial charge is 0.320 e. The first-order valence-electron chi connectivity index (χ1n) is 6.14. The molecule has 1 rings (SSSR count). The van der Waals surface area contributed by atoms with E-state index in [4.69, 9.17) is 23.2 Å². The van der Waals surface area contributed by atoms with Crippen LogP contribution in [0.1, 0.15) is 38.2 Å². The maximum Gasteiger partial charge on any atom is 0.0595 e. The molecule has 1 nitrogen and oxygen atoms in total. The maximum atomic E-state index is 6.08. The van der Waals surface area contributed by atoms with Gasteiger partial charge in [0.2, 0.25) is 0 Å². The number of hydrogen-bond acceptors (Lipinski definition) is 1. The molecule has 1 atom stereocenters. The van der Waals surface area contributed by atoms with Crippen LogP contribution in [0.4, 0.5) is 0 Å². The number of nitrogens with one attached hydrogen (secondary N) is 1. The van der Waals surface area contributed by atoms with E-state index < -0.39 is 0 Å². The Bertz CT molecular complexity index is 350. The molecule has 0 fully saturated rings. The summed E-state index contributed by atoms with van der Waals surface area (Å²) >= 11 is 12.0. The van der Waals surface area contributed by atoms with Gasteiger partial charge in [0.05, 0.1) is 10.0 Å². The summed E-state index contributed by atoms with van der Waals surface area (Å²) in [6.07, 6.45) is 2.31. The molecule has 0 radical (unpaired) electrons. The SMILES string of the molecule is CNCCC(CC(C)C)c1ccc(Cl)c(Cl)c1. The minimum Gasteiger partial charge on any atom is -0.320 e. The fourth-order valence-electron chi connectivity index (χ4n) is 2.07. The van der Waals surface area contributed by atoms with Gasteiger partial charge in [0.15, 0.2) is 0 Å². The molecule has 0 aliphatic rings. The Labute approximate surface area is 115 Å². The molecule has 0 saturated carbocycles. The second kappa shape index (κ2) is 7.25. The summed E-state index contributed by atoms with van der Waals surface area (Å²) in [4.78, 5) is 0. The summed E-state index contributed by atoms with van der Waals surface area (Å²) in [6.45, 7) is 5.53. The molecule has 0 aromatic heterocycles. The van der Waals surface area contributed by atoms with Crippen LogP contribution in [0.15, 0.2) is 18.2 Å². The third-order valence-corrected chi connectivity index (χ3v) is 3.65. The van der Waals surface area contributed by atoms with Gasteiger partial charge in [-0.25, -0.2) is 0 Å². The second-order valence-electron chi connectivity index (χ2n) is 4.89. The Balaban J connectivity index is 2.83. The van der Waals surface area contributed by atoms with Crippen LogP contribution in [-0.2, 0) is 0 Å². The Morgan fingerprint density at radius 3 is 2.41 bits per heavy atom. The zero-order valence-corrected chi connectivity index (χ0v) is 12.3. The summed E-state index contributed by atoms with van der Waals surface area (Å²) in [6, 6.07) is 6.00. The lowest BCUT2D eigenvalue weighted by atomic mass is 9.88. The Kier molecular flexibility index (Phi) is 6.32. The molecule has 1 unspecified atom stereocenters. The number of rotatable bonds is 6. The number of benzene rings is 1. The van der Waals surface area contributed by atoms with Crippen LogP contribution in [0.25, 0.3) is 0 Å². The molecule has 0 saturated heterocycles. The van der Waals surface area contributed by atoms with Crippen molar-refractivity contribution in [3.63, 3.8) is 0 Å². The van der Waals surface area contributed by atoms with Gasteiger partial charge in [-0.05, 0) is 56.0 Å². The van der Waals surface area contributed by atoms with E-state index in [-0.39, 0.29) is 0 Å². The highest BCUT2D eigenvalue weighted by molar-refractivity contribution is 6.42. The molecule has 0 heterocycles. The van der Waals surface area contributed by atoms with E-state index >= 15 is 0 Å². The summed E-state index contributed by atoms with van der Waals surface area (Å²) in [5.41, 5.74) is 1.29.